The summed E-state index contributed by atoms with van der Waals surface area (Å²) in [5, 5.41) is 5.87. The lowest BCUT2D eigenvalue weighted by Gasteiger charge is -2.36. The van der Waals surface area contributed by atoms with Crippen LogP contribution in [0.15, 0.2) is 48.5 Å². The highest BCUT2D eigenvalue weighted by atomic mass is 19.1. The largest absolute Gasteiger partial charge is 0.381 e. The van der Waals surface area contributed by atoms with E-state index in [1.54, 1.807) is 12.1 Å². The molecule has 6 heteroatoms. The molecule has 5 nitrogen and oxygen atoms in total. The molecular formula is C23H27FN2O3. The lowest BCUT2D eigenvalue weighted by Crippen LogP contribution is -2.47. The monoisotopic (exact) mass is 398 g/mol. The van der Waals surface area contributed by atoms with Gasteiger partial charge in [-0.15, -0.1) is 0 Å². The molecule has 1 heterocycles. The third kappa shape index (κ3) is 5.01. The average Bonchev–Trinajstić information content (AvgIpc) is 2.74. The predicted molar refractivity (Wildman–Crippen MR) is 110 cm³/mol. The van der Waals surface area contributed by atoms with Gasteiger partial charge in [-0.3, -0.25) is 9.59 Å². The first-order valence-electron chi connectivity index (χ1n) is 9.92. The molecule has 1 fully saturated rings. The van der Waals surface area contributed by atoms with E-state index in [0.29, 0.717) is 32.6 Å². The number of nitrogens with one attached hydrogen (secondary N) is 2. The Bertz CT molecular complexity index is 841. The van der Waals surface area contributed by atoms with Gasteiger partial charge in [0.2, 0.25) is 11.8 Å². The second kappa shape index (κ2) is 9.18. The number of rotatable bonds is 6. The van der Waals surface area contributed by atoms with E-state index in [2.05, 4.69) is 10.6 Å². The SMILES string of the molecule is CC(C)C(=O)Nc1ccc(CNC(=O)C2(c3ccc(F)cc3)CCOCC2)cc1. The Morgan fingerprint density at radius 1 is 1.03 bits per heavy atom. The lowest BCUT2D eigenvalue weighted by molar-refractivity contribution is -0.130. The first kappa shape index (κ1) is 21.0. The number of halogens is 1. The maximum absolute atomic E-state index is 13.4. The molecule has 29 heavy (non-hydrogen) atoms. The van der Waals surface area contributed by atoms with Crippen molar-refractivity contribution in [2.24, 2.45) is 5.92 Å². The van der Waals surface area contributed by atoms with Crippen LogP contribution in [0.2, 0.25) is 0 Å². The summed E-state index contributed by atoms with van der Waals surface area (Å²) in [5.74, 6) is -0.520. The van der Waals surface area contributed by atoms with Crippen LogP contribution in [0.4, 0.5) is 10.1 Å². The number of ether oxygens (including phenoxy) is 1. The Kier molecular flexibility index (Phi) is 6.64. The molecule has 2 aromatic rings. The topological polar surface area (TPSA) is 67.4 Å². The zero-order chi connectivity index (χ0) is 20.9. The highest BCUT2D eigenvalue weighted by Gasteiger charge is 2.41. The van der Waals surface area contributed by atoms with Gasteiger partial charge in [0.25, 0.3) is 0 Å². The Morgan fingerprint density at radius 2 is 1.66 bits per heavy atom. The summed E-state index contributed by atoms with van der Waals surface area (Å²) in [6.45, 7) is 5.05. The number of benzene rings is 2. The van der Waals surface area contributed by atoms with Crippen molar-refractivity contribution < 1.29 is 18.7 Å². The molecule has 1 aliphatic heterocycles. The highest BCUT2D eigenvalue weighted by Crippen LogP contribution is 2.35. The molecule has 1 saturated heterocycles. The van der Waals surface area contributed by atoms with Crippen molar-refractivity contribution in [2.45, 2.75) is 38.6 Å². The summed E-state index contributed by atoms with van der Waals surface area (Å²) in [6.07, 6.45) is 1.12. The molecule has 0 aromatic heterocycles. The van der Waals surface area contributed by atoms with Crippen LogP contribution in [-0.2, 0) is 26.3 Å². The van der Waals surface area contributed by atoms with Crippen molar-refractivity contribution in [3.05, 3.63) is 65.5 Å². The first-order chi connectivity index (χ1) is 13.9. The summed E-state index contributed by atoms with van der Waals surface area (Å²) in [4.78, 5) is 24.9. The van der Waals surface area contributed by atoms with Gasteiger partial charge in [0.05, 0.1) is 5.41 Å². The van der Waals surface area contributed by atoms with Crippen LogP contribution in [0.3, 0.4) is 0 Å². The van der Waals surface area contributed by atoms with Crippen molar-refractivity contribution in [1.82, 2.24) is 5.32 Å². The van der Waals surface area contributed by atoms with Crippen LogP contribution < -0.4 is 10.6 Å². The Hall–Kier alpha value is -2.73. The first-order valence-corrected chi connectivity index (χ1v) is 9.92. The van der Waals surface area contributed by atoms with Crippen LogP contribution in [0, 0.1) is 11.7 Å². The van der Waals surface area contributed by atoms with Gasteiger partial charge in [-0.1, -0.05) is 38.1 Å². The smallest absolute Gasteiger partial charge is 0.231 e. The van der Waals surface area contributed by atoms with E-state index in [0.717, 1.165) is 16.8 Å². The Labute approximate surface area is 170 Å². The van der Waals surface area contributed by atoms with Crippen LogP contribution in [0.5, 0.6) is 0 Å². The van der Waals surface area contributed by atoms with E-state index in [-0.39, 0.29) is 23.5 Å². The molecule has 154 valence electrons. The number of anilines is 1. The Balaban J connectivity index is 1.67. The van der Waals surface area contributed by atoms with E-state index in [1.807, 2.05) is 38.1 Å². The van der Waals surface area contributed by atoms with Crippen LogP contribution in [0.25, 0.3) is 0 Å². The van der Waals surface area contributed by atoms with Gasteiger partial charge < -0.3 is 15.4 Å². The fourth-order valence-corrected chi connectivity index (χ4v) is 3.48. The second-order valence-corrected chi connectivity index (χ2v) is 7.72. The minimum atomic E-state index is -0.711. The zero-order valence-corrected chi connectivity index (χ0v) is 16.8. The van der Waals surface area contributed by atoms with Gasteiger partial charge >= 0.3 is 0 Å². The molecular weight excluding hydrogens is 371 g/mol. The fraction of sp³-hybridized carbons (Fsp3) is 0.391. The summed E-state index contributed by atoms with van der Waals surface area (Å²) in [7, 11) is 0. The number of carbonyl (C=O) groups excluding carboxylic acids is 2. The summed E-state index contributed by atoms with van der Waals surface area (Å²) in [5.41, 5.74) is 1.76. The van der Waals surface area contributed by atoms with Crippen LogP contribution in [0.1, 0.15) is 37.8 Å². The summed E-state index contributed by atoms with van der Waals surface area (Å²) >= 11 is 0. The van der Waals surface area contributed by atoms with E-state index >= 15 is 0 Å². The molecule has 1 aliphatic rings. The normalized spacial score (nSPS) is 15.7. The van der Waals surface area contributed by atoms with Crippen LogP contribution in [-0.4, -0.2) is 25.0 Å². The number of hydrogen-bond acceptors (Lipinski definition) is 3. The van der Waals surface area contributed by atoms with Crippen LogP contribution >= 0.6 is 0 Å². The molecule has 0 spiro atoms. The minimum Gasteiger partial charge on any atom is -0.381 e. The van der Waals surface area contributed by atoms with E-state index < -0.39 is 5.41 Å². The zero-order valence-electron chi connectivity index (χ0n) is 16.8. The Morgan fingerprint density at radius 3 is 2.24 bits per heavy atom. The lowest BCUT2D eigenvalue weighted by atomic mass is 9.73. The van der Waals surface area contributed by atoms with Crippen molar-refractivity contribution in [2.75, 3.05) is 18.5 Å². The van der Waals surface area contributed by atoms with Gasteiger partial charge in [-0.2, -0.15) is 0 Å². The maximum atomic E-state index is 13.4. The van der Waals surface area contributed by atoms with E-state index in [1.165, 1.54) is 12.1 Å². The number of hydrogen-bond donors (Lipinski definition) is 2. The van der Waals surface area contributed by atoms with Gasteiger partial charge in [0, 0.05) is 31.4 Å². The van der Waals surface area contributed by atoms with Gasteiger partial charge in [0.15, 0.2) is 0 Å². The molecule has 0 unspecified atom stereocenters. The van der Waals surface area contributed by atoms with Crippen molar-refractivity contribution in [1.29, 1.82) is 0 Å². The minimum absolute atomic E-state index is 0.0354. The molecule has 0 bridgehead atoms. The quantitative estimate of drug-likeness (QED) is 0.778. The molecule has 2 aromatic carbocycles. The fourth-order valence-electron chi connectivity index (χ4n) is 3.48. The molecule has 0 atom stereocenters. The molecule has 0 aliphatic carbocycles. The van der Waals surface area contributed by atoms with Gasteiger partial charge in [0.1, 0.15) is 5.82 Å². The maximum Gasteiger partial charge on any atom is 0.231 e. The van der Waals surface area contributed by atoms with Gasteiger partial charge in [-0.05, 0) is 48.2 Å². The standard InChI is InChI=1S/C23H27FN2O3/c1-16(2)21(27)26-20-9-3-17(4-10-20)15-25-22(28)23(11-13-29-14-12-23)18-5-7-19(24)8-6-18/h3-10,16H,11-15H2,1-2H3,(H,25,28)(H,26,27). The van der Waals surface area contributed by atoms with Crippen molar-refractivity contribution in [3.8, 4) is 0 Å². The summed E-state index contributed by atoms with van der Waals surface area (Å²) < 4.78 is 18.8. The molecule has 3 rings (SSSR count). The second-order valence-electron chi connectivity index (χ2n) is 7.72. The predicted octanol–water partition coefficient (Wildman–Crippen LogP) is 3.78. The molecule has 2 amide bonds. The third-order valence-corrected chi connectivity index (χ3v) is 5.38. The van der Waals surface area contributed by atoms with Gasteiger partial charge in [-0.25, -0.2) is 4.39 Å². The summed E-state index contributed by atoms with van der Waals surface area (Å²) in [6, 6.07) is 13.6. The average molecular weight is 398 g/mol. The molecule has 0 saturated carbocycles. The molecule has 0 radical (unpaired) electrons. The molecule has 2 N–H and O–H groups in total. The van der Waals surface area contributed by atoms with E-state index in [9.17, 15) is 14.0 Å². The van der Waals surface area contributed by atoms with E-state index in [4.69, 9.17) is 4.74 Å². The third-order valence-electron chi connectivity index (χ3n) is 5.38. The number of amides is 2. The highest BCUT2D eigenvalue weighted by molar-refractivity contribution is 5.92. The van der Waals surface area contributed by atoms with Crippen molar-refractivity contribution in [3.63, 3.8) is 0 Å². The van der Waals surface area contributed by atoms with Crippen molar-refractivity contribution >= 4 is 17.5 Å². The number of carbonyl (C=O) groups is 2.